The van der Waals surface area contributed by atoms with E-state index in [4.69, 9.17) is 4.52 Å². The second-order valence-corrected chi connectivity index (χ2v) is 7.39. The van der Waals surface area contributed by atoms with E-state index in [2.05, 4.69) is 15.5 Å². The topological polar surface area (TPSA) is 186 Å². The Balaban J connectivity index is 1.66. The molecule has 12 nitrogen and oxygen atoms in total. The van der Waals surface area contributed by atoms with Crippen LogP contribution in [0.2, 0.25) is 0 Å². The lowest BCUT2D eigenvalue weighted by molar-refractivity contribution is -0.165. The molecule has 0 aliphatic heterocycles. The molecule has 3 N–H and O–H groups in total. The van der Waals surface area contributed by atoms with Gasteiger partial charge in [0, 0.05) is 19.0 Å². The zero-order valence-corrected chi connectivity index (χ0v) is 16.8. The van der Waals surface area contributed by atoms with Gasteiger partial charge in [-0.25, -0.2) is 4.68 Å². The molecule has 4 aromatic rings. The largest absolute Gasteiger partial charge is 0.508 e. The SMILES string of the molecule is O=C(CC(CCn1nnc2ccccc2c1=O)(C(=O)O)C(=O)O)c1noc2cc(O)ccc12. The van der Waals surface area contributed by atoms with Gasteiger partial charge in [-0.15, -0.1) is 5.10 Å². The van der Waals surface area contributed by atoms with E-state index in [-0.39, 0.29) is 27.8 Å². The van der Waals surface area contributed by atoms with E-state index in [1.165, 1.54) is 24.3 Å². The first-order valence-corrected chi connectivity index (χ1v) is 9.64. The minimum absolute atomic E-state index is 0.0765. The molecule has 0 atom stereocenters. The molecule has 0 saturated heterocycles. The number of carboxylic acids is 2. The van der Waals surface area contributed by atoms with Crippen LogP contribution in [0.1, 0.15) is 23.3 Å². The van der Waals surface area contributed by atoms with E-state index in [0.717, 1.165) is 4.68 Å². The van der Waals surface area contributed by atoms with Crippen molar-refractivity contribution in [3.63, 3.8) is 0 Å². The van der Waals surface area contributed by atoms with Crippen LogP contribution < -0.4 is 5.56 Å². The van der Waals surface area contributed by atoms with E-state index >= 15 is 0 Å². The van der Waals surface area contributed by atoms with Crippen molar-refractivity contribution in [1.82, 2.24) is 20.2 Å². The predicted octanol–water partition coefficient (Wildman–Crippen LogP) is 1.46. The van der Waals surface area contributed by atoms with E-state index < -0.39 is 48.1 Å². The van der Waals surface area contributed by atoms with Crippen LogP contribution in [0.15, 0.2) is 51.8 Å². The van der Waals surface area contributed by atoms with Crippen LogP contribution >= 0.6 is 0 Å². The first-order chi connectivity index (χ1) is 15.7. The highest BCUT2D eigenvalue weighted by molar-refractivity contribution is 6.10. The molecule has 168 valence electrons. The average molecular weight is 452 g/mol. The first kappa shape index (κ1) is 21.6. The van der Waals surface area contributed by atoms with Gasteiger partial charge in [0.25, 0.3) is 5.56 Å². The molecule has 2 aromatic carbocycles. The minimum atomic E-state index is -2.56. The van der Waals surface area contributed by atoms with E-state index in [0.29, 0.717) is 5.52 Å². The number of hydrogen-bond donors (Lipinski definition) is 3. The lowest BCUT2D eigenvalue weighted by Crippen LogP contribution is -2.43. The molecular weight excluding hydrogens is 436 g/mol. The number of ketones is 1. The number of carboxylic acid groups (broad SMARTS) is 2. The number of nitrogens with zero attached hydrogens (tertiary/aromatic N) is 4. The van der Waals surface area contributed by atoms with Crippen molar-refractivity contribution in [2.45, 2.75) is 19.4 Å². The van der Waals surface area contributed by atoms with Crippen LogP contribution in [-0.4, -0.2) is 53.2 Å². The second-order valence-electron chi connectivity index (χ2n) is 7.39. The normalized spacial score (nSPS) is 11.6. The quantitative estimate of drug-likeness (QED) is 0.259. The van der Waals surface area contributed by atoms with Gasteiger partial charge in [0.1, 0.15) is 11.3 Å². The summed E-state index contributed by atoms with van der Waals surface area (Å²) in [6.07, 6.45) is -1.57. The Labute approximate surface area is 183 Å². The molecule has 4 rings (SSSR count). The molecule has 0 fully saturated rings. The minimum Gasteiger partial charge on any atom is -0.508 e. The summed E-state index contributed by atoms with van der Waals surface area (Å²) in [6.45, 7) is -0.407. The lowest BCUT2D eigenvalue weighted by atomic mass is 9.79. The molecule has 33 heavy (non-hydrogen) atoms. The highest BCUT2D eigenvalue weighted by atomic mass is 16.5. The van der Waals surface area contributed by atoms with Crippen molar-refractivity contribution in [2.24, 2.45) is 5.41 Å². The van der Waals surface area contributed by atoms with Crippen LogP contribution in [0.3, 0.4) is 0 Å². The van der Waals surface area contributed by atoms with Crippen LogP contribution in [0, 0.1) is 5.41 Å². The number of phenolic OH excluding ortho intramolecular Hbond substituents is 1. The van der Waals surface area contributed by atoms with Gasteiger partial charge in [-0.3, -0.25) is 19.2 Å². The molecule has 0 aliphatic rings. The maximum atomic E-state index is 12.9. The number of fused-ring (bicyclic) bond motifs is 2. The fourth-order valence-corrected chi connectivity index (χ4v) is 3.50. The molecule has 0 saturated carbocycles. The maximum Gasteiger partial charge on any atom is 0.321 e. The number of aromatic hydroxyl groups is 1. The number of phenols is 1. The van der Waals surface area contributed by atoms with Gasteiger partial charge in [0.05, 0.1) is 10.8 Å². The van der Waals surface area contributed by atoms with E-state index in [9.17, 15) is 34.5 Å². The maximum absolute atomic E-state index is 12.9. The Kier molecular flexibility index (Phi) is 5.34. The molecule has 0 amide bonds. The summed E-state index contributed by atoms with van der Waals surface area (Å²) in [4.78, 5) is 49.6. The number of aromatic nitrogens is 4. The van der Waals surface area contributed by atoms with Gasteiger partial charge < -0.3 is 19.8 Å². The molecule has 0 radical (unpaired) electrons. The predicted molar refractivity (Wildman–Crippen MR) is 111 cm³/mol. The Morgan fingerprint density at radius 2 is 1.76 bits per heavy atom. The standard InChI is InChI=1S/C21H16N4O8/c26-11-5-6-13-16(9-11)33-23-17(13)15(27)10-21(19(29)30,20(31)32)7-8-25-18(28)12-3-1-2-4-14(12)22-24-25/h1-6,9,26H,7-8,10H2,(H,29,30)(H,31,32). The monoisotopic (exact) mass is 452 g/mol. The number of rotatable bonds is 8. The summed E-state index contributed by atoms with van der Waals surface area (Å²) in [7, 11) is 0. The fourth-order valence-electron chi connectivity index (χ4n) is 3.50. The van der Waals surface area contributed by atoms with Gasteiger partial charge >= 0.3 is 11.9 Å². The smallest absolute Gasteiger partial charge is 0.321 e. The lowest BCUT2D eigenvalue weighted by Gasteiger charge is -2.23. The van der Waals surface area contributed by atoms with Crippen molar-refractivity contribution in [1.29, 1.82) is 0 Å². The van der Waals surface area contributed by atoms with Gasteiger partial charge in [-0.05, 0) is 30.7 Å². The zero-order valence-electron chi connectivity index (χ0n) is 16.8. The molecule has 0 aliphatic carbocycles. The molecular formula is C21H16N4O8. The molecule has 12 heteroatoms. The third-order valence-electron chi connectivity index (χ3n) is 5.38. The highest BCUT2D eigenvalue weighted by Gasteiger charge is 2.49. The fraction of sp³-hybridized carbons (Fsp3) is 0.190. The average Bonchev–Trinajstić information content (AvgIpc) is 3.20. The summed E-state index contributed by atoms with van der Waals surface area (Å²) < 4.78 is 5.85. The third-order valence-corrected chi connectivity index (χ3v) is 5.38. The van der Waals surface area contributed by atoms with Crippen LogP contribution in [0.4, 0.5) is 0 Å². The summed E-state index contributed by atoms with van der Waals surface area (Å²) >= 11 is 0. The number of aryl methyl sites for hydroxylation is 1. The third kappa shape index (κ3) is 3.78. The van der Waals surface area contributed by atoms with E-state index in [1.807, 2.05) is 0 Å². The van der Waals surface area contributed by atoms with Gasteiger partial charge in [0.15, 0.2) is 22.5 Å². The van der Waals surface area contributed by atoms with Crippen molar-refractivity contribution < 1.29 is 34.2 Å². The van der Waals surface area contributed by atoms with Crippen molar-refractivity contribution in [3.8, 4) is 5.75 Å². The summed E-state index contributed by atoms with van der Waals surface area (Å²) in [5, 5.41) is 40.7. The number of carbonyl (C=O) groups is 3. The first-order valence-electron chi connectivity index (χ1n) is 9.64. The number of aliphatic carboxylic acids is 2. The molecule has 0 bridgehead atoms. The Bertz CT molecular complexity index is 1460. The van der Waals surface area contributed by atoms with Gasteiger partial charge in [-0.2, -0.15) is 0 Å². The molecule has 2 aromatic heterocycles. The number of benzene rings is 2. The molecule has 0 spiro atoms. The zero-order chi connectivity index (χ0) is 23.8. The van der Waals surface area contributed by atoms with Crippen molar-refractivity contribution in [2.75, 3.05) is 0 Å². The second kappa shape index (κ2) is 8.15. The van der Waals surface area contributed by atoms with E-state index in [1.54, 1.807) is 18.2 Å². The Morgan fingerprint density at radius 1 is 1.03 bits per heavy atom. The Hall–Kier alpha value is -4.61. The number of Topliss-reactive ketones (excluding diaryl/α,β-unsaturated/α-hetero) is 1. The summed E-state index contributed by atoms with van der Waals surface area (Å²) in [5.41, 5.74) is -2.99. The highest BCUT2D eigenvalue weighted by Crippen LogP contribution is 2.32. The Morgan fingerprint density at radius 3 is 2.48 bits per heavy atom. The number of hydrogen-bond acceptors (Lipinski definition) is 9. The van der Waals surface area contributed by atoms with Crippen LogP contribution in [0.5, 0.6) is 5.75 Å². The summed E-state index contributed by atoms with van der Waals surface area (Å²) in [5.74, 6) is -4.53. The van der Waals surface area contributed by atoms with Crippen molar-refractivity contribution in [3.05, 3.63) is 58.5 Å². The number of carbonyl (C=O) groups excluding carboxylic acids is 1. The summed E-state index contributed by atoms with van der Waals surface area (Å²) in [6, 6.07) is 10.2. The van der Waals surface area contributed by atoms with Crippen molar-refractivity contribution >= 4 is 39.6 Å². The van der Waals surface area contributed by atoms with Gasteiger partial charge in [-0.1, -0.05) is 22.5 Å². The van der Waals surface area contributed by atoms with Crippen LogP contribution in [0.25, 0.3) is 21.9 Å². The van der Waals surface area contributed by atoms with Crippen LogP contribution in [-0.2, 0) is 16.1 Å². The molecule has 0 unspecified atom stereocenters. The molecule has 2 heterocycles. The van der Waals surface area contributed by atoms with Gasteiger partial charge in [0.2, 0.25) is 0 Å².